The first-order valence-corrected chi connectivity index (χ1v) is 4.34. The lowest BCUT2D eigenvalue weighted by Crippen LogP contribution is -2.22. The molecular weight excluding hydrogens is 227 g/mol. The summed E-state index contributed by atoms with van der Waals surface area (Å²) < 4.78 is 52.4. The molecule has 0 saturated carbocycles. The Bertz CT molecular complexity index is 487. The quantitative estimate of drug-likeness (QED) is 0.571. The Morgan fingerprint density at radius 1 is 1.06 bits per heavy atom. The molecule has 0 fully saturated rings. The third kappa shape index (κ3) is 1.35. The Balaban J connectivity index is 2.69. The van der Waals surface area contributed by atoms with Crippen molar-refractivity contribution in [3.63, 3.8) is 0 Å². The number of halogens is 4. The molecule has 16 heavy (non-hydrogen) atoms. The van der Waals surface area contributed by atoms with Crippen LogP contribution in [0.5, 0.6) is 0 Å². The molecule has 0 saturated heterocycles. The molecule has 0 aromatic heterocycles. The van der Waals surface area contributed by atoms with E-state index in [1.807, 2.05) is 0 Å². The van der Waals surface area contributed by atoms with Crippen LogP contribution in [0.4, 0.5) is 17.6 Å². The third-order valence-corrected chi connectivity index (χ3v) is 2.46. The minimum absolute atomic E-state index is 0.316. The van der Waals surface area contributed by atoms with Gasteiger partial charge in [0.15, 0.2) is 17.5 Å². The largest absolute Gasteiger partial charge is 0.466 e. The Hall–Kier alpha value is -1.34. The van der Waals surface area contributed by atoms with Crippen LogP contribution in [0.3, 0.4) is 0 Å². The topological polar surface area (TPSA) is 40.5 Å². The standard InChI is InChI=1S/C9H5BF4O2/c11-4-2-1-3-5(7(4)12)8(13)9(14)6(3)10(15)16/h1-2,6,15-16H. The predicted octanol–water partition coefficient (Wildman–Crippen LogP) is 1.68. The van der Waals surface area contributed by atoms with E-state index in [9.17, 15) is 17.6 Å². The molecule has 7 heteroatoms. The van der Waals surface area contributed by atoms with Gasteiger partial charge in [0.25, 0.3) is 0 Å². The summed E-state index contributed by atoms with van der Waals surface area (Å²) in [5.74, 6) is -7.66. The van der Waals surface area contributed by atoms with Gasteiger partial charge in [0.2, 0.25) is 0 Å². The zero-order valence-electron chi connectivity index (χ0n) is 7.72. The van der Waals surface area contributed by atoms with Crippen molar-refractivity contribution in [3.05, 3.63) is 40.7 Å². The van der Waals surface area contributed by atoms with Crippen LogP contribution >= 0.6 is 0 Å². The van der Waals surface area contributed by atoms with Crippen molar-refractivity contribution in [2.45, 2.75) is 5.82 Å². The Labute approximate surface area is 88.0 Å². The number of rotatable bonds is 1. The van der Waals surface area contributed by atoms with Crippen molar-refractivity contribution in [2.24, 2.45) is 0 Å². The molecule has 2 rings (SSSR count). The summed E-state index contributed by atoms with van der Waals surface area (Å²) in [6.07, 6.45) is 0. The van der Waals surface area contributed by atoms with Crippen LogP contribution in [0, 0.1) is 11.6 Å². The fourth-order valence-electron chi connectivity index (χ4n) is 1.73. The maximum Gasteiger partial charge on any atom is 0.466 e. The fraction of sp³-hybridized carbons (Fsp3) is 0.111. The molecule has 1 atom stereocenters. The Morgan fingerprint density at radius 2 is 1.69 bits per heavy atom. The van der Waals surface area contributed by atoms with Gasteiger partial charge in [-0.2, -0.15) is 0 Å². The van der Waals surface area contributed by atoms with Gasteiger partial charge in [0, 0.05) is 0 Å². The lowest BCUT2D eigenvalue weighted by atomic mass is 9.69. The first kappa shape index (κ1) is 11.2. The maximum atomic E-state index is 13.2. The van der Waals surface area contributed by atoms with Gasteiger partial charge in [0.1, 0.15) is 5.83 Å². The van der Waals surface area contributed by atoms with Crippen molar-refractivity contribution in [1.29, 1.82) is 0 Å². The fourth-order valence-corrected chi connectivity index (χ4v) is 1.73. The smallest absolute Gasteiger partial charge is 0.426 e. The molecule has 0 spiro atoms. The summed E-state index contributed by atoms with van der Waals surface area (Å²) in [6, 6.07) is 1.60. The minimum atomic E-state index is -2.21. The van der Waals surface area contributed by atoms with Crippen molar-refractivity contribution in [1.82, 2.24) is 0 Å². The van der Waals surface area contributed by atoms with E-state index in [-0.39, 0.29) is 5.56 Å². The molecule has 0 radical (unpaired) electrons. The summed E-state index contributed by atoms with van der Waals surface area (Å²) >= 11 is 0. The van der Waals surface area contributed by atoms with E-state index in [0.29, 0.717) is 6.07 Å². The summed E-state index contributed by atoms with van der Waals surface area (Å²) in [5.41, 5.74) is -1.19. The van der Waals surface area contributed by atoms with E-state index in [1.165, 1.54) is 0 Å². The zero-order valence-corrected chi connectivity index (χ0v) is 7.72. The van der Waals surface area contributed by atoms with Crippen LogP contribution in [-0.2, 0) is 0 Å². The average Bonchev–Trinajstić information content (AvgIpc) is 2.46. The molecule has 1 aliphatic carbocycles. The van der Waals surface area contributed by atoms with Gasteiger partial charge in [-0.1, -0.05) is 6.07 Å². The number of benzene rings is 1. The molecule has 0 heterocycles. The number of hydrogen-bond donors (Lipinski definition) is 2. The van der Waals surface area contributed by atoms with Gasteiger partial charge in [-0.15, -0.1) is 0 Å². The molecule has 0 bridgehead atoms. The molecule has 2 nitrogen and oxygen atoms in total. The van der Waals surface area contributed by atoms with E-state index < -0.39 is 41.8 Å². The van der Waals surface area contributed by atoms with Crippen molar-refractivity contribution < 1.29 is 27.6 Å². The van der Waals surface area contributed by atoms with Crippen LogP contribution in [-0.4, -0.2) is 17.2 Å². The second kappa shape index (κ2) is 3.60. The Kier molecular flexibility index (Phi) is 2.51. The number of fused-ring (bicyclic) bond motifs is 1. The number of hydrogen-bond acceptors (Lipinski definition) is 2. The minimum Gasteiger partial charge on any atom is -0.426 e. The maximum absolute atomic E-state index is 13.2. The van der Waals surface area contributed by atoms with Crippen molar-refractivity contribution >= 4 is 12.9 Å². The highest BCUT2D eigenvalue weighted by Crippen LogP contribution is 2.45. The van der Waals surface area contributed by atoms with Crippen LogP contribution in [0.15, 0.2) is 18.0 Å². The first-order valence-electron chi connectivity index (χ1n) is 4.34. The van der Waals surface area contributed by atoms with Crippen LogP contribution in [0.1, 0.15) is 16.9 Å². The second-order valence-electron chi connectivity index (χ2n) is 3.38. The summed E-state index contributed by atoms with van der Waals surface area (Å²) in [7, 11) is -2.21. The molecule has 1 aromatic rings. The van der Waals surface area contributed by atoms with E-state index in [2.05, 4.69) is 0 Å². The normalized spacial score (nSPS) is 19.0. The summed E-state index contributed by atoms with van der Waals surface area (Å²) in [5, 5.41) is 17.7. The van der Waals surface area contributed by atoms with Crippen LogP contribution in [0.25, 0.3) is 5.83 Å². The van der Waals surface area contributed by atoms with Gasteiger partial charge in [0.05, 0.1) is 11.4 Å². The molecule has 84 valence electrons. The predicted molar refractivity (Wildman–Crippen MR) is 48.4 cm³/mol. The molecule has 1 aliphatic rings. The highest BCUT2D eigenvalue weighted by atomic mass is 19.2. The second-order valence-corrected chi connectivity index (χ2v) is 3.38. The molecule has 2 N–H and O–H groups in total. The highest BCUT2D eigenvalue weighted by molar-refractivity contribution is 6.45. The summed E-state index contributed by atoms with van der Waals surface area (Å²) in [4.78, 5) is 0. The van der Waals surface area contributed by atoms with Gasteiger partial charge < -0.3 is 10.0 Å². The SMILES string of the molecule is OB(O)C1C(F)=C(F)c2c1ccc(F)c2F. The number of allylic oxidation sites excluding steroid dienone is 1. The molecule has 1 unspecified atom stereocenters. The van der Waals surface area contributed by atoms with Crippen molar-refractivity contribution in [2.75, 3.05) is 0 Å². The van der Waals surface area contributed by atoms with Crippen LogP contribution in [0.2, 0.25) is 0 Å². The third-order valence-electron chi connectivity index (χ3n) is 2.46. The monoisotopic (exact) mass is 232 g/mol. The average molecular weight is 232 g/mol. The molecule has 1 aromatic carbocycles. The lowest BCUT2D eigenvalue weighted by Gasteiger charge is -2.09. The van der Waals surface area contributed by atoms with Gasteiger partial charge >= 0.3 is 7.12 Å². The highest BCUT2D eigenvalue weighted by Gasteiger charge is 2.42. The molecule has 0 amide bonds. The first-order chi connectivity index (χ1) is 7.45. The molecule has 0 aliphatic heterocycles. The molecular formula is C9H5BF4O2. The van der Waals surface area contributed by atoms with E-state index in [0.717, 1.165) is 6.07 Å². The van der Waals surface area contributed by atoms with E-state index >= 15 is 0 Å². The van der Waals surface area contributed by atoms with Gasteiger partial charge in [-0.25, -0.2) is 17.6 Å². The van der Waals surface area contributed by atoms with E-state index in [1.54, 1.807) is 0 Å². The zero-order chi connectivity index (χ0) is 12.0. The van der Waals surface area contributed by atoms with E-state index in [4.69, 9.17) is 10.0 Å². The van der Waals surface area contributed by atoms with Crippen LogP contribution < -0.4 is 0 Å². The lowest BCUT2D eigenvalue weighted by molar-refractivity contribution is 0.384. The summed E-state index contributed by atoms with van der Waals surface area (Å²) in [6.45, 7) is 0. The van der Waals surface area contributed by atoms with Gasteiger partial charge in [-0.3, -0.25) is 0 Å². The van der Waals surface area contributed by atoms with Crippen molar-refractivity contribution in [3.8, 4) is 0 Å². The Morgan fingerprint density at radius 3 is 2.25 bits per heavy atom. The van der Waals surface area contributed by atoms with Gasteiger partial charge in [-0.05, 0) is 11.6 Å².